The van der Waals surface area contributed by atoms with Crippen LogP contribution in [0.4, 0.5) is 0 Å². The van der Waals surface area contributed by atoms with Crippen LogP contribution < -0.4 is 0 Å². The molecule has 0 aliphatic heterocycles. The van der Waals surface area contributed by atoms with Crippen molar-refractivity contribution in [3.05, 3.63) is 41.5 Å². The van der Waals surface area contributed by atoms with Crippen LogP contribution in [-0.2, 0) is 9.53 Å². The van der Waals surface area contributed by atoms with Crippen molar-refractivity contribution in [2.24, 2.45) is 5.92 Å². The molecular weight excluding hydrogens is 503 g/mol. The van der Waals surface area contributed by atoms with E-state index in [-0.39, 0.29) is 5.97 Å². The van der Waals surface area contributed by atoms with Crippen LogP contribution in [0.3, 0.4) is 0 Å². The van der Waals surface area contributed by atoms with Crippen LogP contribution in [0.15, 0.2) is 30.3 Å². The zero-order chi connectivity index (χ0) is 24.7. The smallest absolute Gasteiger partial charge is 0.341 e. The van der Waals surface area contributed by atoms with E-state index in [1.165, 1.54) is 75.8 Å². The average Bonchev–Trinajstić information content (AvgIpc) is 2.82. The Labute approximate surface area is 222 Å². The topological polar surface area (TPSA) is 26.3 Å². The van der Waals surface area contributed by atoms with Crippen LogP contribution in [0.25, 0.3) is 6.08 Å². The summed E-state index contributed by atoms with van der Waals surface area (Å²) in [6.07, 6.45) is 20.9. The molecule has 1 aromatic carbocycles. The van der Waals surface area contributed by atoms with Crippen molar-refractivity contribution in [3.8, 4) is 0 Å². The minimum absolute atomic E-state index is 0.286. The largest absolute Gasteiger partial charge is 0.463 e. The third kappa shape index (κ3) is 13.6. The number of esters is 1. The lowest BCUT2D eigenvalue weighted by molar-refractivity contribution is -0.137. The third-order valence-electron chi connectivity index (χ3n) is 6.98. The fraction of sp³-hybridized carbons (Fsp3) is 0.679. The highest BCUT2D eigenvalue weighted by molar-refractivity contribution is 7.64. The van der Waals surface area contributed by atoms with E-state index in [9.17, 15) is 4.79 Å². The minimum atomic E-state index is -2.49. The molecule has 2 nitrogen and oxygen atoms in total. The van der Waals surface area contributed by atoms with Gasteiger partial charge in [-0.1, -0.05) is 89.0 Å². The molecule has 0 saturated heterocycles. The van der Waals surface area contributed by atoms with Crippen molar-refractivity contribution in [2.45, 2.75) is 109 Å². The quantitative estimate of drug-likeness (QED) is 0.0679. The standard InChI is InChI=1S/C28H43Cl3O2Si/c1-2-3-4-5-8-11-24-12-17-26(18-13-24)27-19-14-25(15-20-27)16-21-28(32)33-22-9-6-7-10-23-34(29,30)31/h14-16,19-21,24,26H,2-13,17-18,22-23H2,1H3/b21-16+. The fourth-order valence-corrected chi connectivity index (χ4v) is 6.72. The first kappa shape index (κ1) is 29.7. The number of unbranched alkanes of at least 4 members (excludes halogenated alkanes) is 7. The number of rotatable bonds is 16. The van der Waals surface area contributed by atoms with Crippen LogP contribution in [0.2, 0.25) is 6.04 Å². The molecule has 1 saturated carbocycles. The van der Waals surface area contributed by atoms with Gasteiger partial charge in [-0.15, -0.1) is 33.2 Å². The van der Waals surface area contributed by atoms with Gasteiger partial charge in [0, 0.05) is 6.08 Å². The lowest BCUT2D eigenvalue weighted by Crippen LogP contribution is -2.13. The van der Waals surface area contributed by atoms with Gasteiger partial charge in [0.05, 0.1) is 6.61 Å². The van der Waals surface area contributed by atoms with Crippen LogP contribution >= 0.6 is 33.2 Å². The molecule has 0 aromatic heterocycles. The van der Waals surface area contributed by atoms with Gasteiger partial charge in [-0.3, -0.25) is 0 Å². The summed E-state index contributed by atoms with van der Waals surface area (Å²) in [6, 6.07) is 6.91. The number of benzene rings is 1. The van der Waals surface area contributed by atoms with Gasteiger partial charge in [-0.25, -0.2) is 4.79 Å². The molecule has 0 radical (unpaired) electrons. The zero-order valence-electron chi connectivity index (χ0n) is 20.9. The van der Waals surface area contributed by atoms with Gasteiger partial charge in [0.1, 0.15) is 0 Å². The van der Waals surface area contributed by atoms with Gasteiger partial charge in [0.15, 0.2) is 0 Å². The predicted octanol–water partition coefficient (Wildman–Crippen LogP) is 10.1. The van der Waals surface area contributed by atoms with Crippen LogP contribution in [0, 0.1) is 5.92 Å². The van der Waals surface area contributed by atoms with E-state index in [4.69, 9.17) is 38.0 Å². The molecular formula is C28H43Cl3O2Si. The molecule has 0 spiro atoms. The molecule has 1 fully saturated rings. The van der Waals surface area contributed by atoms with Crippen molar-refractivity contribution in [1.82, 2.24) is 0 Å². The highest BCUT2D eigenvalue weighted by Crippen LogP contribution is 2.38. The first-order chi connectivity index (χ1) is 16.4. The molecule has 1 aliphatic rings. The van der Waals surface area contributed by atoms with Gasteiger partial charge in [0.2, 0.25) is 0 Å². The second-order valence-corrected chi connectivity index (χ2v) is 19.1. The Morgan fingerprint density at radius 3 is 2.24 bits per heavy atom. The van der Waals surface area contributed by atoms with E-state index in [2.05, 4.69) is 31.2 Å². The first-order valence-corrected chi connectivity index (χ1v) is 18.6. The Kier molecular flexibility index (Phi) is 14.9. The average molecular weight is 546 g/mol. The van der Waals surface area contributed by atoms with Gasteiger partial charge in [-0.2, -0.15) is 0 Å². The predicted molar refractivity (Wildman–Crippen MR) is 151 cm³/mol. The van der Waals surface area contributed by atoms with Gasteiger partial charge in [-0.05, 0) is 67.2 Å². The van der Waals surface area contributed by atoms with E-state index in [1.807, 2.05) is 6.08 Å². The molecule has 2 rings (SSSR count). The number of carbonyl (C=O) groups is 1. The van der Waals surface area contributed by atoms with Crippen molar-refractivity contribution < 1.29 is 9.53 Å². The van der Waals surface area contributed by atoms with Crippen LogP contribution in [-0.4, -0.2) is 18.6 Å². The summed E-state index contributed by atoms with van der Waals surface area (Å²) < 4.78 is 5.29. The van der Waals surface area contributed by atoms with Crippen molar-refractivity contribution in [2.75, 3.05) is 6.61 Å². The summed E-state index contributed by atoms with van der Waals surface area (Å²) in [4.78, 5) is 12.0. The van der Waals surface area contributed by atoms with E-state index in [1.54, 1.807) is 0 Å². The number of hydrogen-bond acceptors (Lipinski definition) is 2. The summed E-state index contributed by atoms with van der Waals surface area (Å²) in [5.41, 5.74) is 2.48. The summed E-state index contributed by atoms with van der Waals surface area (Å²) in [5.74, 6) is 1.34. The second kappa shape index (κ2) is 17.1. The molecule has 0 atom stereocenters. The normalized spacial score (nSPS) is 18.9. The lowest BCUT2D eigenvalue weighted by Gasteiger charge is -2.29. The zero-order valence-corrected chi connectivity index (χ0v) is 24.2. The fourth-order valence-electron chi connectivity index (χ4n) is 4.87. The molecule has 0 amide bonds. The van der Waals surface area contributed by atoms with Gasteiger partial charge >= 0.3 is 12.0 Å². The van der Waals surface area contributed by atoms with Crippen molar-refractivity contribution >= 4 is 51.3 Å². The van der Waals surface area contributed by atoms with Crippen LogP contribution in [0.1, 0.15) is 114 Å². The number of halogens is 3. The maximum absolute atomic E-state index is 12.0. The molecule has 192 valence electrons. The Bertz CT molecular complexity index is 707. The maximum atomic E-state index is 12.0. The van der Waals surface area contributed by atoms with Gasteiger partial charge in [0.25, 0.3) is 0 Å². The van der Waals surface area contributed by atoms with E-state index < -0.39 is 6.00 Å². The SMILES string of the molecule is CCCCCCCC1CCC(c2ccc(/C=C/C(=O)OCCCCCC[Si](Cl)(Cl)Cl)cc2)CC1. The summed E-state index contributed by atoms with van der Waals surface area (Å²) in [5, 5.41) is 0. The second-order valence-electron chi connectivity index (χ2n) is 9.87. The van der Waals surface area contributed by atoms with E-state index >= 15 is 0 Å². The Morgan fingerprint density at radius 2 is 1.56 bits per heavy atom. The third-order valence-corrected chi connectivity index (χ3v) is 9.60. The maximum Gasteiger partial charge on any atom is 0.341 e. The van der Waals surface area contributed by atoms with E-state index in [0.29, 0.717) is 18.6 Å². The Morgan fingerprint density at radius 1 is 0.912 bits per heavy atom. The highest BCUT2D eigenvalue weighted by atomic mass is 35.8. The molecule has 6 heteroatoms. The molecule has 0 unspecified atom stereocenters. The van der Waals surface area contributed by atoms with Gasteiger partial charge < -0.3 is 4.74 Å². The number of ether oxygens (including phenoxy) is 1. The Balaban J connectivity index is 1.60. The molecule has 1 aromatic rings. The molecule has 0 N–H and O–H groups in total. The number of carbonyl (C=O) groups excluding carboxylic acids is 1. The molecule has 0 bridgehead atoms. The summed E-state index contributed by atoms with van der Waals surface area (Å²) >= 11 is 17.6. The monoisotopic (exact) mass is 544 g/mol. The first-order valence-electron chi connectivity index (χ1n) is 13.4. The number of hydrogen-bond donors (Lipinski definition) is 0. The highest BCUT2D eigenvalue weighted by Gasteiger charge is 2.23. The minimum Gasteiger partial charge on any atom is -0.463 e. The van der Waals surface area contributed by atoms with Crippen LogP contribution in [0.5, 0.6) is 0 Å². The summed E-state index contributed by atoms with van der Waals surface area (Å²) in [6.45, 7) is 2.72. The molecule has 0 heterocycles. The molecule has 1 aliphatic carbocycles. The summed E-state index contributed by atoms with van der Waals surface area (Å²) in [7, 11) is 0. The van der Waals surface area contributed by atoms with Crippen molar-refractivity contribution in [3.63, 3.8) is 0 Å². The molecule has 34 heavy (non-hydrogen) atoms. The Hall–Kier alpha value is -0.483. The lowest BCUT2D eigenvalue weighted by atomic mass is 9.77. The van der Waals surface area contributed by atoms with Crippen molar-refractivity contribution in [1.29, 1.82) is 0 Å². The van der Waals surface area contributed by atoms with E-state index in [0.717, 1.165) is 37.2 Å².